The fourth-order valence-corrected chi connectivity index (χ4v) is 2.72. The second-order valence-electron chi connectivity index (χ2n) is 4.16. The summed E-state index contributed by atoms with van der Waals surface area (Å²) in [6, 6.07) is 7.20. The Morgan fingerprint density at radius 3 is 2.09 bits per heavy atom. The Hall–Kier alpha value is -2.72. The van der Waals surface area contributed by atoms with E-state index >= 15 is 0 Å². The molecule has 0 atom stereocenters. The molecule has 2 aromatic rings. The maximum Gasteiger partial charge on any atom is 0.339 e. The summed E-state index contributed by atoms with van der Waals surface area (Å²) >= 11 is 5.61. The second-order valence-corrected chi connectivity index (χ2v) is 6.11. The molecule has 2 rings (SSSR count). The molecule has 0 spiro atoms. The molecule has 0 saturated heterocycles. The monoisotopic (exact) mass is 358 g/mol. The minimum absolute atomic E-state index is 0.173. The lowest BCUT2D eigenvalue weighted by Gasteiger charge is -2.07. The van der Waals surface area contributed by atoms with Gasteiger partial charge in [0.25, 0.3) is 11.4 Å². The number of rotatable bonds is 5. The lowest BCUT2D eigenvalue weighted by molar-refractivity contribution is -0.385. The number of non-ortho nitro benzene ring substituents is 1. The molecular weight excluding hydrogens is 352 g/mol. The number of nitro benzene ring substituents is 2. The predicted molar refractivity (Wildman–Crippen MR) is 79.0 cm³/mol. The molecule has 0 aliphatic rings. The largest absolute Gasteiger partial charge is 0.379 e. The molecule has 0 saturated carbocycles. The van der Waals surface area contributed by atoms with Gasteiger partial charge in [-0.15, -0.1) is 0 Å². The Morgan fingerprint density at radius 1 is 0.957 bits per heavy atom. The van der Waals surface area contributed by atoms with Crippen molar-refractivity contribution < 1.29 is 22.4 Å². The van der Waals surface area contributed by atoms with Crippen LogP contribution in [0.4, 0.5) is 11.4 Å². The molecule has 0 aromatic heterocycles. The molecular formula is C12H7ClN2O7S. The Morgan fingerprint density at radius 2 is 1.57 bits per heavy atom. The molecule has 0 fully saturated rings. The molecule has 0 aliphatic carbocycles. The highest BCUT2D eigenvalue weighted by Gasteiger charge is 2.22. The first-order valence-corrected chi connectivity index (χ1v) is 7.62. The van der Waals surface area contributed by atoms with Gasteiger partial charge in [0.1, 0.15) is 15.7 Å². The number of halogens is 1. The van der Waals surface area contributed by atoms with Gasteiger partial charge in [0.15, 0.2) is 0 Å². The summed E-state index contributed by atoms with van der Waals surface area (Å²) in [6.45, 7) is 0. The van der Waals surface area contributed by atoms with Crippen LogP contribution in [-0.4, -0.2) is 18.3 Å². The highest BCUT2D eigenvalue weighted by Crippen LogP contribution is 2.29. The number of nitro groups is 2. The van der Waals surface area contributed by atoms with E-state index in [0.29, 0.717) is 0 Å². The molecule has 0 radical (unpaired) electrons. The smallest absolute Gasteiger partial charge is 0.339 e. The minimum Gasteiger partial charge on any atom is -0.379 e. The fraction of sp³-hybridized carbons (Fsp3) is 0. The predicted octanol–water partition coefficient (Wildman–Crippen LogP) is 2.92. The van der Waals surface area contributed by atoms with Crippen LogP contribution in [0.15, 0.2) is 47.4 Å². The van der Waals surface area contributed by atoms with Gasteiger partial charge in [-0.1, -0.05) is 11.6 Å². The number of nitrogens with zero attached hydrogens (tertiary/aromatic N) is 2. The molecule has 0 heterocycles. The zero-order chi connectivity index (χ0) is 17.2. The van der Waals surface area contributed by atoms with Crippen molar-refractivity contribution in [3.63, 3.8) is 0 Å². The number of benzene rings is 2. The lowest BCUT2D eigenvalue weighted by atomic mass is 10.3. The van der Waals surface area contributed by atoms with Crippen LogP contribution in [0.3, 0.4) is 0 Å². The van der Waals surface area contributed by atoms with E-state index in [1.54, 1.807) is 0 Å². The average Bonchev–Trinajstić information content (AvgIpc) is 2.47. The van der Waals surface area contributed by atoms with E-state index in [4.69, 9.17) is 15.8 Å². The molecule has 9 nitrogen and oxygen atoms in total. The molecule has 2 aromatic carbocycles. The zero-order valence-electron chi connectivity index (χ0n) is 11.1. The minimum atomic E-state index is -4.35. The van der Waals surface area contributed by atoms with E-state index < -0.39 is 30.5 Å². The van der Waals surface area contributed by atoms with Gasteiger partial charge in [-0.2, -0.15) is 8.42 Å². The molecule has 0 N–H and O–H groups in total. The molecule has 0 bridgehead atoms. The van der Waals surface area contributed by atoms with Gasteiger partial charge in [0, 0.05) is 18.2 Å². The third kappa shape index (κ3) is 3.73. The number of hydrogen-bond acceptors (Lipinski definition) is 7. The van der Waals surface area contributed by atoms with Crippen molar-refractivity contribution in [2.75, 3.05) is 0 Å². The van der Waals surface area contributed by atoms with E-state index in [9.17, 15) is 28.6 Å². The van der Waals surface area contributed by atoms with E-state index in [1.165, 1.54) is 0 Å². The molecule has 23 heavy (non-hydrogen) atoms. The first kappa shape index (κ1) is 16.6. The van der Waals surface area contributed by atoms with Crippen LogP contribution in [0, 0.1) is 20.2 Å². The van der Waals surface area contributed by atoms with Crippen LogP contribution >= 0.6 is 11.6 Å². The normalized spacial score (nSPS) is 11.0. The Kier molecular flexibility index (Phi) is 4.48. The van der Waals surface area contributed by atoms with Gasteiger partial charge < -0.3 is 4.18 Å². The Balaban J connectivity index is 2.33. The zero-order valence-corrected chi connectivity index (χ0v) is 12.7. The second kappa shape index (κ2) is 6.18. The van der Waals surface area contributed by atoms with Crippen LogP contribution in [0.5, 0.6) is 5.75 Å². The van der Waals surface area contributed by atoms with Crippen LogP contribution in [-0.2, 0) is 10.1 Å². The van der Waals surface area contributed by atoms with Gasteiger partial charge in [-0.3, -0.25) is 20.2 Å². The van der Waals surface area contributed by atoms with Crippen molar-refractivity contribution in [3.05, 3.63) is 67.7 Å². The van der Waals surface area contributed by atoms with Crippen LogP contribution < -0.4 is 4.18 Å². The quantitative estimate of drug-likeness (QED) is 0.456. The summed E-state index contributed by atoms with van der Waals surface area (Å²) in [7, 11) is -4.35. The third-order valence-corrected chi connectivity index (χ3v) is 4.22. The van der Waals surface area contributed by atoms with E-state index in [0.717, 1.165) is 42.5 Å². The van der Waals surface area contributed by atoms with Crippen molar-refractivity contribution in [1.82, 2.24) is 0 Å². The summed E-state index contributed by atoms with van der Waals surface area (Å²) in [5, 5.41) is 21.1. The number of hydrogen-bond donors (Lipinski definition) is 0. The topological polar surface area (TPSA) is 130 Å². The molecule has 0 amide bonds. The van der Waals surface area contributed by atoms with Crippen LogP contribution in [0.1, 0.15) is 0 Å². The summed E-state index contributed by atoms with van der Waals surface area (Å²) in [6.07, 6.45) is 0. The van der Waals surface area contributed by atoms with E-state index in [2.05, 4.69) is 0 Å². The SMILES string of the molecule is O=[N+]([O-])c1ccc(OS(=O)(=O)c2ccc(Cl)c([N+](=O)[O-])c2)cc1. The fourth-order valence-electron chi connectivity index (χ4n) is 1.59. The van der Waals surface area contributed by atoms with Crippen molar-refractivity contribution in [2.45, 2.75) is 4.90 Å². The Bertz CT molecular complexity index is 881. The summed E-state index contributed by atoms with van der Waals surface area (Å²) < 4.78 is 29.0. The molecule has 120 valence electrons. The third-order valence-electron chi connectivity index (χ3n) is 2.66. The van der Waals surface area contributed by atoms with Crippen molar-refractivity contribution in [3.8, 4) is 5.75 Å². The Labute approximate surface area is 134 Å². The van der Waals surface area contributed by atoms with Gasteiger partial charge in [0.2, 0.25) is 0 Å². The average molecular weight is 359 g/mol. The first-order chi connectivity index (χ1) is 10.7. The van der Waals surface area contributed by atoms with Crippen LogP contribution in [0.25, 0.3) is 0 Å². The highest BCUT2D eigenvalue weighted by atomic mass is 35.5. The lowest BCUT2D eigenvalue weighted by Crippen LogP contribution is -2.10. The van der Waals surface area contributed by atoms with E-state index in [-0.39, 0.29) is 16.5 Å². The van der Waals surface area contributed by atoms with Gasteiger partial charge >= 0.3 is 10.1 Å². The first-order valence-electron chi connectivity index (χ1n) is 5.83. The summed E-state index contributed by atoms with van der Waals surface area (Å²) in [4.78, 5) is 19.4. The van der Waals surface area contributed by atoms with Gasteiger partial charge in [-0.05, 0) is 24.3 Å². The van der Waals surface area contributed by atoms with Crippen LogP contribution in [0.2, 0.25) is 5.02 Å². The van der Waals surface area contributed by atoms with Crippen molar-refractivity contribution >= 4 is 33.1 Å². The molecule has 0 aliphatic heterocycles. The van der Waals surface area contributed by atoms with Crippen molar-refractivity contribution in [2.24, 2.45) is 0 Å². The highest BCUT2D eigenvalue weighted by molar-refractivity contribution is 7.87. The maximum absolute atomic E-state index is 12.1. The maximum atomic E-state index is 12.1. The summed E-state index contributed by atoms with van der Waals surface area (Å²) in [5.41, 5.74) is -0.822. The van der Waals surface area contributed by atoms with Gasteiger partial charge in [-0.25, -0.2) is 0 Å². The van der Waals surface area contributed by atoms with Crippen molar-refractivity contribution in [1.29, 1.82) is 0 Å². The standard InChI is InChI=1S/C12H7ClN2O7S/c13-11-6-5-10(7-12(11)15(18)19)23(20,21)22-9-3-1-8(2-4-9)14(16)17/h1-7H. The summed E-state index contributed by atoms with van der Waals surface area (Å²) in [5.74, 6) is -0.173. The molecule has 11 heteroatoms. The molecule has 0 unspecified atom stereocenters. The van der Waals surface area contributed by atoms with E-state index in [1.807, 2.05) is 0 Å². The van der Waals surface area contributed by atoms with Gasteiger partial charge in [0.05, 0.1) is 9.85 Å².